The van der Waals surface area contributed by atoms with Gasteiger partial charge in [-0.2, -0.15) is 13.2 Å². The maximum absolute atomic E-state index is 10.6. The zero-order valence-electron chi connectivity index (χ0n) is 13.6. The molecule has 8 nitrogen and oxygen atoms in total. The first-order valence-electron chi connectivity index (χ1n) is 7.46. The largest absolute Gasteiger partial charge is 0.504 e. The van der Waals surface area contributed by atoms with E-state index < -0.39 is 12.1 Å². The Morgan fingerprint density at radius 2 is 1.81 bits per heavy atom. The highest BCUT2D eigenvalue weighted by atomic mass is 19.4. The van der Waals surface area contributed by atoms with E-state index in [4.69, 9.17) is 21.4 Å². The van der Waals surface area contributed by atoms with E-state index >= 15 is 0 Å². The highest BCUT2D eigenvalue weighted by molar-refractivity contribution is 6.03. The standard InChI is InChI=1S/C13H18N4O2.C2HF3O2/c14-13(15)17-4-1-2-10-9-7-12(19)11(18)6-8(9)3-5-16-10;3-2(4,5)1(6)7/h6-7,18-19H,1-5H2,(H4,14,15,17);(H,6,7). The van der Waals surface area contributed by atoms with Crippen LogP contribution in [0, 0.1) is 0 Å². The molecule has 0 bridgehead atoms. The lowest BCUT2D eigenvalue weighted by Crippen LogP contribution is -2.23. The molecule has 0 saturated carbocycles. The molecule has 1 aromatic carbocycles. The van der Waals surface area contributed by atoms with Crippen molar-refractivity contribution in [3.63, 3.8) is 0 Å². The molecule has 26 heavy (non-hydrogen) atoms. The van der Waals surface area contributed by atoms with E-state index in [9.17, 15) is 23.4 Å². The van der Waals surface area contributed by atoms with Crippen LogP contribution >= 0.6 is 0 Å². The number of nitrogens with two attached hydrogens (primary N) is 2. The highest BCUT2D eigenvalue weighted by Crippen LogP contribution is 2.31. The Morgan fingerprint density at radius 1 is 1.23 bits per heavy atom. The van der Waals surface area contributed by atoms with Crippen LogP contribution in [0.1, 0.15) is 24.0 Å². The van der Waals surface area contributed by atoms with Crippen LogP contribution in [-0.4, -0.2) is 52.2 Å². The van der Waals surface area contributed by atoms with Gasteiger partial charge in [-0.1, -0.05) is 0 Å². The number of carbonyl (C=O) groups is 1. The summed E-state index contributed by atoms with van der Waals surface area (Å²) in [4.78, 5) is 17.3. The summed E-state index contributed by atoms with van der Waals surface area (Å²) < 4.78 is 31.7. The van der Waals surface area contributed by atoms with Gasteiger partial charge in [-0.15, -0.1) is 0 Å². The molecular weight excluding hydrogens is 357 g/mol. The van der Waals surface area contributed by atoms with Gasteiger partial charge >= 0.3 is 12.1 Å². The first kappa shape index (κ1) is 21.1. The predicted molar refractivity (Wildman–Crippen MR) is 88.5 cm³/mol. The zero-order valence-corrected chi connectivity index (χ0v) is 13.6. The molecule has 0 radical (unpaired) electrons. The number of hydrogen-bond donors (Lipinski definition) is 5. The van der Waals surface area contributed by atoms with Crippen LogP contribution < -0.4 is 11.5 Å². The van der Waals surface area contributed by atoms with Crippen molar-refractivity contribution in [2.24, 2.45) is 21.5 Å². The second-order valence-corrected chi connectivity index (χ2v) is 5.29. The van der Waals surface area contributed by atoms with E-state index in [2.05, 4.69) is 9.98 Å². The average Bonchev–Trinajstić information content (AvgIpc) is 2.52. The molecule has 1 aromatic rings. The van der Waals surface area contributed by atoms with E-state index in [0.717, 1.165) is 36.1 Å². The van der Waals surface area contributed by atoms with Crippen molar-refractivity contribution in [2.45, 2.75) is 25.4 Å². The molecular formula is C15H19F3N4O4. The van der Waals surface area contributed by atoms with Crippen molar-refractivity contribution in [3.8, 4) is 11.5 Å². The van der Waals surface area contributed by atoms with Crippen LogP contribution in [-0.2, 0) is 11.2 Å². The number of aliphatic carboxylic acids is 1. The second kappa shape index (κ2) is 8.92. The van der Waals surface area contributed by atoms with Gasteiger partial charge in [0.15, 0.2) is 17.5 Å². The van der Waals surface area contributed by atoms with Gasteiger partial charge in [0.25, 0.3) is 0 Å². The minimum absolute atomic E-state index is 0.0829. The number of carboxylic acid groups (broad SMARTS) is 1. The monoisotopic (exact) mass is 376 g/mol. The van der Waals surface area contributed by atoms with Crippen molar-refractivity contribution < 1.29 is 33.3 Å². The van der Waals surface area contributed by atoms with Crippen molar-refractivity contribution in [1.29, 1.82) is 0 Å². The third-order valence-electron chi connectivity index (χ3n) is 3.30. The topological polar surface area (TPSA) is 155 Å². The number of carboxylic acids is 1. The lowest BCUT2D eigenvalue weighted by Gasteiger charge is -2.17. The third kappa shape index (κ3) is 6.49. The molecule has 11 heteroatoms. The second-order valence-electron chi connectivity index (χ2n) is 5.29. The quantitative estimate of drug-likeness (QED) is 0.230. The van der Waals surface area contributed by atoms with Crippen molar-refractivity contribution in [3.05, 3.63) is 23.3 Å². The predicted octanol–water partition coefficient (Wildman–Crippen LogP) is 1.13. The minimum Gasteiger partial charge on any atom is -0.504 e. The number of guanidine groups is 1. The molecule has 1 aliphatic rings. The Bertz CT molecular complexity index is 714. The number of aliphatic imine (C=N–C) groups is 2. The molecule has 2 rings (SSSR count). The average molecular weight is 376 g/mol. The maximum Gasteiger partial charge on any atom is 0.490 e. The normalized spacial score (nSPS) is 13.0. The molecule has 0 amide bonds. The fraction of sp³-hybridized carbons (Fsp3) is 0.400. The molecule has 0 aromatic heterocycles. The summed E-state index contributed by atoms with van der Waals surface area (Å²) in [5.41, 5.74) is 13.4. The van der Waals surface area contributed by atoms with E-state index in [1.54, 1.807) is 12.1 Å². The zero-order chi connectivity index (χ0) is 19.9. The first-order valence-corrected chi connectivity index (χ1v) is 7.46. The molecule has 1 aliphatic heterocycles. The number of phenols is 2. The number of aromatic hydroxyl groups is 2. The van der Waals surface area contributed by atoms with Crippen LogP contribution in [0.4, 0.5) is 13.2 Å². The molecule has 0 saturated heterocycles. The van der Waals surface area contributed by atoms with Gasteiger partial charge < -0.3 is 26.8 Å². The first-order chi connectivity index (χ1) is 12.0. The van der Waals surface area contributed by atoms with Gasteiger partial charge in [-0.3, -0.25) is 9.98 Å². The molecule has 1 heterocycles. The molecule has 0 atom stereocenters. The minimum atomic E-state index is -5.08. The fourth-order valence-corrected chi connectivity index (χ4v) is 2.16. The summed E-state index contributed by atoms with van der Waals surface area (Å²) in [5.74, 6) is -2.86. The van der Waals surface area contributed by atoms with E-state index in [1.807, 2.05) is 0 Å². The number of hydrogen-bond acceptors (Lipinski definition) is 5. The Labute approximate surface area is 146 Å². The maximum atomic E-state index is 10.6. The lowest BCUT2D eigenvalue weighted by atomic mass is 9.94. The molecule has 0 fully saturated rings. The Hall–Kier alpha value is -2.98. The fourth-order valence-electron chi connectivity index (χ4n) is 2.16. The summed E-state index contributed by atoms with van der Waals surface area (Å²) in [6.07, 6.45) is -2.77. The van der Waals surface area contributed by atoms with Crippen molar-refractivity contribution >= 4 is 17.6 Å². The van der Waals surface area contributed by atoms with Gasteiger partial charge in [0.2, 0.25) is 0 Å². The van der Waals surface area contributed by atoms with Crippen LogP contribution in [0.15, 0.2) is 22.1 Å². The van der Waals surface area contributed by atoms with Gasteiger partial charge in [-0.25, -0.2) is 4.79 Å². The van der Waals surface area contributed by atoms with E-state index in [0.29, 0.717) is 13.1 Å². The summed E-state index contributed by atoms with van der Waals surface area (Å²) in [7, 11) is 0. The van der Waals surface area contributed by atoms with Crippen LogP contribution in [0.25, 0.3) is 0 Å². The van der Waals surface area contributed by atoms with Crippen LogP contribution in [0.5, 0.6) is 11.5 Å². The molecule has 0 aliphatic carbocycles. The summed E-state index contributed by atoms with van der Waals surface area (Å²) in [5, 5.41) is 26.2. The van der Waals surface area contributed by atoms with E-state index in [-0.39, 0.29) is 17.5 Å². The number of nitrogens with zero attached hydrogens (tertiary/aromatic N) is 2. The number of fused-ring (bicyclic) bond motifs is 1. The van der Waals surface area contributed by atoms with Gasteiger partial charge in [-0.05, 0) is 37.0 Å². The molecule has 0 unspecified atom stereocenters. The molecule has 0 spiro atoms. The van der Waals surface area contributed by atoms with Crippen molar-refractivity contribution in [2.75, 3.05) is 13.1 Å². The van der Waals surface area contributed by atoms with Crippen LogP contribution in [0.3, 0.4) is 0 Å². The van der Waals surface area contributed by atoms with Gasteiger partial charge in [0, 0.05) is 24.4 Å². The molecule has 7 N–H and O–H groups in total. The van der Waals surface area contributed by atoms with Crippen molar-refractivity contribution in [1.82, 2.24) is 0 Å². The highest BCUT2D eigenvalue weighted by Gasteiger charge is 2.38. The Balaban J connectivity index is 0.000000412. The summed E-state index contributed by atoms with van der Waals surface area (Å²) in [6, 6.07) is 3.18. The molecule has 144 valence electrons. The third-order valence-corrected chi connectivity index (χ3v) is 3.30. The smallest absolute Gasteiger partial charge is 0.490 e. The number of benzene rings is 1. The summed E-state index contributed by atoms with van der Waals surface area (Å²) in [6.45, 7) is 1.26. The number of phenolic OH excluding ortho intramolecular Hbond substituents is 2. The SMILES string of the molecule is NC(N)=NCCCC1=NCCc2cc(O)c(O)cc21.O=C(O)C(F)(F)F. The lowest BCUT2D eigenvalue weighted by molar-refractivity contribution is -0.192. The number of alkyl halides is 3. The van der Waals surface area contributed by atoms with Gasteiger partial charge in [0.05, 0.1) is 0 Å². The Morgan fingerprint density at radius 3 is 2.35 bits per heavy atom. The van der Waals surface area contributed by atoms with E-state index in [1.165, 1.54) is 0 Å². The Kier molecular flexibility index (Phi) is 7.23. The van der Waals surface area contributed by atoms with Gasteiger partial charge in [0.1, 0.15) is 0 Å². The number of rotatable bonds is 4. The number of halogens is 3. The van der Waals surface area contributed by atoms with Crippen LogP contribution in [0.2, 0.25) is 0 Å². The summed E-state index contributed by atoms with van der Waals surface area (Å²) >= 11 is 0.